The molecule has 7 heteroatoms. The van der Waals surface area contributed by atoms with E-state index in [1.54, 1.807) is 25.4 Å². The maximum Gasteiger partial charge on any atom is 0.213 e. The number of hydrogen-bond acceptors (Lipinski definition) is 5. The van der Waals surface area contributed by atoms with Gasteiger partial charge in [0.05, 0.1) is 17.8 Å². The van der Waals surface area contributed by atoms with Crippen molar-refractivity contribution in [3.05, 3.63) is 75.9 Å². The van der Waals surface area contributed by atoms with Crippen molar-refractivity contribution < 1.29 is 13.9 Å². The number of ketones is 1. The smallest absolute Gasteiger partial charge is 0.213 e. The van der Waals surface area contributed by atoms with Crippen molar-refractivity contribution in [1.82, 2.24) is 14.9 Å². The molecule has 154 valence electrons. The largest absolute Gasteiger partial charge is 0.481 e. The third-order valence-electron chi connectivity index (χ3n) is 5.26. The number of ether oxygens (including phenoxy) is 1. The predicted molar refractivity (Wildman–Crippen MR) is 113 cm³/mol. The Morgan fingerprint density at radius 1 is 1.23 bits per heavy atom. The Balaban J connectivity index is 1.69. The number of rotatable bonds is 5. The lowest BCUT2D eigenvalue weighted by molar-refractivity contribution is 0.101. The van der Waals surface area contributed by atoms with Crippen LogP contribution in [0.15, 0.2) is 42.6 Å². The number of nitrogens with zero attached hydrogens (tertiary/aromatic N) is 3. The first-order valence-corrected chi connectivity index (χ1v) is 10.0. The number of carbonyl (C=O) groups is 1. The van der Waals surface area contributed by atoms with E-state index in [1.807, 2.05) is 12.1 Å². The molecule has 0 bridgehead atoms. The zero-order valence-electron chi connectivity index (χ0n) is 16.8. The second kappa shape index (κ2) is 8.50. The van der Waals surface area contributed by atoms with Crippen molar-refractivity contribution in [1.29, 1.82) is 0 Å². The first-order chi connectivity index (χ1) is 14.4. The summed E-state index contributed by atoms with van der Waals surface area (Å²) < 4.78 is 18.8. The molecule has 0 amide bonds. The molecule has 0 N–H and O–H groups in total. The number of halogens is 2. The molecule has 5 nitrogen and oxygen atoms in total. The molecule has 30 heavy (non-hydrogen) atoms. The molecule has 0 atom stereocenters. The van der Waals surface area contributed by atoms with E-state index < -0.39 is 5.82 Å². The third kappa shape index (κ3) is 4.20. The van der Waals surface area contributed by atoms with Crippen LogP contribution in [0.5, 0.6) is 5.88 Å². The van der Waals surface area contributed by atoms with Gasteiger partial charge in [-0.3, -0.25) is 9.69 Å². The molecular formula is C23H21ClFN3O2. The molecule has 3 aromatic rings. The summed E-state index contributed by atoms with van der Waals surface area (Å²) in [5.74, 6) is 0.0702. The Labute approximate surface area is 179 Å². The van der Waals surface area contributed by atoms with Crippen molar-refractivity contribution in [3.8, 4) is 17.0 Å². The number of methoxy groups -OCH3 is 1. The number of fused-ring (bicyclic) bond motifs is 1. The molecule has 0 unspecified atom stereocenters. The molecule has 4 rings (SSSR count). The van der Waals surface area contributed by atoms with Crippen molar-refractivity contribution in [2.75, 3.05) is 13.7 Å². The molecule has 3 heterocycles. The molecular weight excluding hydrogens is 405 g/mol. The molecule has 1 aromatic carbocycles. The normalized spacial score (nSPS) is 13.7. The number of pyridine rings is 2. The highest BCUT2D eigenvalue weighted by Gasteiger charge is 2.24. The summed E-state index contributed by atoms with van der Waals surface area (Å²) in [6.45, 7) is 3.64. The number of Topliss-reactive ketones (excluding diaryl/α,β-unsaturated/α-hetero) is 1. The predicted octanol–water partition coefficient (Wildman–Crippen LogP) is 4.71. The zero-order valence-corrected chi connectivity index (χ0v) is 17.5. The SMILES string of the molecule is COc1cc(CN2CCc3c(-c4ccc(F)cc4Cl)cc(C(C)=O)nc3C2)ccn1. The molecule has 2 aromatic heterocycles. The summed E-state index contributed by atoms with van der Waals surface area (Å²) in [5, 5.41) is 0.323. The third-order valence-corrected chi connectivity index (χ3v) is 5.57. The summed E-state index contributed by atoms with van der Waals surface area (Å²) in [6, 6.07) is 9.98. The van der Waals surface area contributed by atoms with Crippen molar-refractivity contribution in [2.45, 2.75) is 26.4 Å². The molecule has 0 radical (unpaired) electrons. The van der Waals surface area contributed by atoms with Gasteiger partial charge in [0.2, 0.25) is 5.88 Å². The lowest BCUT2D eigenvalue weighted by Gasteiger charge is -2.30. The summed E-state index contributed by atoms with van der Waals surface area (Å²) in [7, 11) is 1.60. The minimum absolute atomic E-state index is 0.117. The van der Waals surface area contributed by atoms with Crippen LogP contribution in [0.2, 0.25) is 5.02 Å². The fourth-order valence-corrected chi connectivity index (χ4v) is 4.05. The second-order valence-corrected chi connectivity index (χ2v) is 7.73. The van der Waals surface area contributed by atoms with Crippen molar-refractivity contribution in [2.24, 2.45) is 0 Å². The second-order valence-electron chi connectivity index (χ2n) is 7.33. The highest BCUT2D eigenvalue weighted by Crippen LogP contribution is 2.35. The van der Waals surface area contributed by atoms with E-state index >= 15 is 0 Å². The lowest BCUT2D eigenvalue weighted by Crippen LogP contribution is -2.31. The Hall–Kier alpha value is -2.83. The molecule has 1 aliphatic heterocycles. The topological polar surface area (TPSA) is 55.3 Å². The van der Waals surface area contributed by atoms with Crippen LogP contribution in [-0.2, 0) is 19.5 Å². The van der Waals surface area contributed by atoms with E-state index in [2.05, 4.69) is 14.9 Å². The first kappa shape index (κ1) is 20.4. The van der Waals surface area contributed by atoms with E-state index in [9.17, 15) is 9.18 Å². The minimum atomic E-state index is -0.391. The van der Waals surface area contributed by atoms with E-state index in [1.165, 1.54) is 19.1 Å². The van der Waals surface area contributed by atoms with Gasteiger partial charge in [-0.2, -0.15) is 0 Å². The van der Waals surface area contributed by atoms with Crippen LogP contribution in [0.3, 0.4) is 0 Å². The van der Waals surface area contributed by atoms with Crippen LogP contribution < -0.4 is 4.74 Å². The van der Waals surface area contributed by atoms with Crippen LogP contribution >= 0.6 is 11.6 Å². The fraction of sp³-hybridized carbons (Fsp3) is 0.261. The zero-order chi connectivity index (χ0) is 21.3. The molecule has 0 fully saturated rings. The number of hydrogen-bond donors (Lipinski definition) is 0. The van der Waals surface area contributed by atoms with Gasteiger partial charge >= 0.3 is 0 Å². The van der Waals surface area contributed by atoms with E-state index in [0.29, 0.717) is 28.7 Å². The average molecular weight is 426 g/mol. The van der Waals surface area contributed by atoms with Gasteiger partial charge in [0.15, 0.2) is 5.78 Å². The highest BCUT2D eigenvalue weighted by atomic mass is 35.5. The Morgan fingerprint density at radius 3 is 2.80 bits per heavy atom. The quantitative estimate of drug-likeness (QED) is 0.554. The van der Waals surface area contributed by atoms with Crippen molar-refractivity contribution >= 4 is 17.4 Å². The molecule has 0 saturated heterocycles. The van der Waals surface area contributed by atoms with Gasteiger partial charge < -0.3 is 4.74 Å². The average Bonchev–Trinajstić information content (AvgIpc) is 2.73. The van der Waals surface area contributed by atoms with E-state index in [4.69, 9.17) is 16.3 Å². The van der Waals surface area contributed by atoms with Gasteiger partial charge in [-0.1, -0.05) is 11.6 Å². The Bertz CT molecular complexity index is 1120. The van der Waals surface area contributed by atoms with E-state index in [0.717, 1.165) is 41.9 Å². The fourth-order valence-electron chi connectivity index (χ4n) is 3.78. The number of benzene rings is 1. The van der Waals surface area contributed by atoms with Gasteiger partial charge in [0.1, 0.15) is 11.5 Å². The molecule has 0 saturated carbocycles. The van der Waals surface area contributed by atoms with Crippen LogP contribution in [-0.4, -0.2) is 34.3 Å². The van der Waals surface area contributed by atoms with Crippen LogP contribution in [0.25, 0.3) is 11.1 Å². The Morgan fingerprint density at radius 2 is 2.07 bits per heavy atom. The standard InChI is InChI=1S/C23H21ClFN3O2/c1-14(29)21-11-19(17-4-3-16(25)10-20(17)24)18-6-8-28(13-22(18)27-21)12-15-5-7-26-23(9-15)30-2/h3-5,7,9-11H,6,8,12-13H2,1-2H3. The molecule has 1 aliphatic rings. The van der Waals surface area contributed by atoms with Gasteiger partial charge in [-0.15, -0.1) is 0 Å². The monoisotopic (exact) mass is 425 g/mol. The minimum Gasteiger partial charge on any atom is -0.481 e. The van der Waals surface area contributed by atoms with Crippen molar-refractivity contribution in [3.63, 3.8) is 0 Å². The lowest BCUT2D eigenvalue weighted by atomic mass is 9.92. The van der Waals surface area contributed by atoms with Gasteiger partial charge in [-0.05, 0) is 53.4 Å². The maximum atomic E-state index is 13.6. The first-order valence-electron chi connectivity index (χ1n) is 9.65. The van der Waals surface area contributed by atoms with Crippen LogP contribution in [0, 0.1) is 5.82 Å². The maximum absolute atomic E-state index is 13.6. The summed E-state index contributed by atoms with van der Waals surface area (Å²) in [4.78, 5) is 23.1. The highest BCUT2D eigenvalue weighted by molar-refractivity contribution is 6.33. The number of carbonyl (C=O) groups excluding carboxylic acids is 1. The summed E-state index contributed by atoms with van der Waals surface area (Å²) >= 11 is 6.33. The summed E-state index contributed by atoms with van der Waals surface area (Å²) in [6.07, 6.45) is 2.48. The Kier molecular flexibility index (Phi) is 5.79. The van der Waals surface area contributed by atoms with Gasteiger partial charge in [-0.25, -0.2) is 14.4 Å². The molecule has 0 spiro atoms. The summed E-state index contributed by atoms with van der Waals surface area (Å²) in [5.41, 5.74) is 4.95. The van der Waals surface area contributed by atoms with Crippen LogP contribution in [0.4, 0.5) is 4.39 Å². The van der Waals surface area contributed by atoms with Crippen LogP contribution in [0.1, 0.15) is 34.2 Å². The number of aromatic nitrogens is 2. The van der Waals surface area contributed by atoms with Gasteiger partial charge in [0, 0.05) is 44.4 Å². The van der Waals surface area contributed by atoms with E-state index in [-0.39, 0.29) is 5.78 Å². The molecule has 0 aliphatic carbocycles. The van der Waals surface area contributed by atoms with Gasteiger partial charge in [0.25, 0.3) is 0 Å².